The molecule has 0 spiro atoms. The number of methoxy groups -OCH3 is 1. The van der Waals surface area contributed by atoms with Crippen LogP contribution in [0.1, 0.15) is 10.5 Å². The van der Waals surface area contributed by atoms with Crippen molar-refractivity contribution >= 4 is 28.2 Å². The second-order valence-electron chi connectivity index (χ2n) is 5.02. The van der Waals surface area contributed by atoms with Gasteiger partial charge in [0.2, 0.25) is 0 Å². The van der Waals surface area contributed by atoms with E-state index in [1.54, 1.807) is 37.4 Å². The number of ether oxygens (including phenoxy) is 1. The number of aromatic nitrogens is 1. The third-order valence-corrected chi connectivity index (χ3v) is 3.44. The molecule has 0 aliphatic carbocycles. The van der Waals surface area contributed by atoms with Crippen LogP contribution in [0.15, 0.2) is 54.6 Å². The van der Waals surface area contributed by atoms with Gasteiger partial charge in [0.05, 0.1) is 17.5 Å². The fourth-order valence-electron chi connectivity index (χ4n) is 2.25. The smallest absolute Gasteiger partial charge is 0.274 e. The standard InChI is InChI=1S/C17H13N3O4/c1-24-14-6-8-15-11(9-14)5-7-16(19-15)17(21)18-12-3-2-4-13(10-12)20(22)23/h2-10H,1H3,(H,18,21). The molecule has 0 saturated heterocycles. The lowest BCUT2D eigenvalue weighted by Crippen LogP contribution is -2.13. The van der Waals surface area contributed by atoms with Gasteiger partial charge in [-0.15, -0.1) is 0 Å². The van der Waals surface area contributed by atoms with E-state index in [0.717, 1.165) is 5.39 Å². The Kier molecular flexibility index (Phi) is 4.07. The number of benzene rings is 2. The summed E-state index contributed by atoms with van der Waals surface area (Å²) in [6.45, 7) is 0. The summed E-state index contributed by atoms with van der Waals surface area (Å²) in [7, 11) is 1.58. The van der Waals surface area contributed by atoms with Crippen molar-refractivity contribution in [2.24, 2.45) is 0 Å². The Morgan fingerprint density at radius 2 is 2.00 bits per heavy atom. The van der Waals surface area contributed by atoms with Crippen LogP contribution in [0.5, 0.6) is 5.75 Å². The predicted octanol–water partition coefficient (Wildman–Crippen LogP) is 3.40. The second kappa shape index (κ2) is 6.33. The van der Waals surface area contributed by atoms with Crippen molar-refractivity contribution in [1.29, 1.82) is 0 Å². The van der Waals surface area contributed by atoms with Crippen LogP contribution in [-0.4, -0.2) is 22.9 Å². The lowest BCUT2D eigenvalue weighted by molar-refractivity contribution is -0.384. The molecular weight excluding hydrogens is 310 g/mol. The van der Waals surface area contributed by atoms with Gasteiger partial charge in [-0.3, -0.25) is 14.9 Å². The molecule has 3 aromatic rings. The largest absolute Gasteiger partial charge is 0.497 e. The van der Waals surface area contributed by atoms with Crippen LogP contribution in [0.4, 0.5) is 11.4 Å². The highest BCUT2D eigenvalue weighted by atomic mass is 16.6. The molecule has 0 saturated carbocycles. The number of nitro benzene ring substituents is 1. The number of fused-ring (bicyclic) bond motifs is 1. The van der Waals surface area contributed by atoms with Crippen LogP contribution in [0, 0.1) is 10.1 Å². The summed E-state index contributed by atoms with van der Waals surface area (Å²) in [5, 5.41) is 14.2. The quantitative estimate of drug-likeness (QED) is 0.586. The maximum atomic E-state index is 12.3. The third-order valence-electron chi connectivity index (χ3n) is 3.44. The summed E-state index contributed by atoms with van der Waals surface area (Å²) < 4.78 is 5.15. The molecule has 7 nitrogen and oxygen atoms in total. The SMILES string of the molecule is COc1ccc2nc(C(=O)Nc3cccc([N+](=O)[O-])c3)ccc2c1. The number of anilines is 1. The van der Waals surface area contributed by atoms with Gasteiger partial charge in [-0.2, -0.15) is 0 Å². The number of nitrogens with one attached hydrogen (secondary N) is 1. The highest BCUT2D eigenvalue weighted by Crippen LogP contribution is 2.21. The number of hydrogen-bond acceptors (Lipinski definition) is 5. The Bertz CT molecular complexity index is 940. The first-order valence-corrected chi connectivity index (χ1v) is 7.07. The Balaban J connectivity index is 1.86. The zero-order chi connectivity index (χ0) is 17.1. The first-order valence-electron chi connectivity index (χ1n) is 7.07. The van der Waals surface area contributed by atoms with Gasteiger partial charge in [-0.25, -0.2) is 4.98 Å². The zero-order valence-electron chi connectivity index (χ0n) is 12.7. The second-order valence-corrected chi connectivity index (χ2v) is 5.02. The average Bonchev–Trinajstić information content (AvgIpc) is 2.61. The summed E-state index contributed by atoms with van der Waals surface area (Å²) in [6, 6.07) is 14.5. The number of carbonyl (C=O) groups is 1. The Hall–Kier alpha value is -3.48. The first kappa shape index (κ1) is 15.4. The van der Waals surface area contributed by atoms with Gasteiger partial charge in [-0.05, 0) is 30.3 Å². The fourth-order valence-corrected chi connectivity index (χ4v) is 2.25. The van der Waals surface area contributed by atoms with E-state index < -0.39 is 10.8 Å². The van der Waals surface area contributed by atoms with E-state index in [9.17, 15) is 14.9 Å². The molecule has 0 radical (unpaired) electrons. The monoisotopic (exact) mass is 323 g/mol. The normalized spacial score (nSPS) is 10.4. The number of pyridine rings is 1. The number of amides is 1. The first-order chi connectivity index (χ1) is 11.6. The van der Waals surface area contributed by atoms with Crippen molar-refractivity contribution in [3.8, 4) is 5.75 Å². The molecule has 1 amide bonds. The highest BCUT2D eigenvalue weighted by Gasteiger charge is 2.11. The van der Waals surface area contributed by atoms with Crippen molar-refractivity contribution < 1.29 is 14.5 Å². The summed E-state index contributed by atoms with van der Waals surface area (Å²) >= 11 is 0. The molecule has 24 heavy (non-hydrogen) atoms. The van der Waals surface area contributed by atoms with Crippen molar-refractivity contribution in [3.05, 3.63) is 70.4 Å². The Morgan fingerprint density at radius 1 is 1.17 bits per heavy atom. The number of carbonyl (C=O) groups excluding carboxylic acids is 1. The molecule has 1 N–H and O–H groups in total. The summed E-state index contributed by atoms with van der Waals surface area (Å²) in [6.07, 6.45) is 0. The molecule has 0 atom stereocenters. The zero-order valence-corrected chi connectivity index (χ0v) is 12.7. The predicted molar refractivity (Wildman–Crippen MR) is 89.3 cm³/mol. The van der Waals surface area contributed by atoms with Crippen LogP contribution in [0.25, 0.3) is 10.9 Å². The van der Waals surface area contributed by atoms with Crippen LogP contribution in [0.2, 0.25) is 0 Å². The molecule has 2 aromatic carbocycles. The molecule has 0 unspecified atom stereocenters. The molecule has 0 aliphatic heterocycles. The number of nitro groups is 1. The molecule has 1 heterocycles. The Labute approximate surface area is 137 Å². The van der Waals surface area contributed by atoms with Gasteiger partial charge >= 0.3 is 0 Å². The molecule has 3 rings (SSSR count). The number of non-ortho nitro benzene ring substituents is 1. The van der Waals surface area contributed by atoms with Gasteiger partial charge in [0.1, 0.15) is 11.4 Å². The summed E-state index contributed by atoms with van der Waals surface area (Å²) in [5.41, 5.74) is 1.12. The fraction of sp³-hybridized carbons (Fsp3) is 0.0588. The van der Waals surface area contributed by atoms with Crippen LogP contribution in [-0.2, 0) is 0 Å². The van der Waals surface area contributed by atoms with Crippen molar-refractivity contribution in [2.45, 2.75) is 0 Å². The van der Waals surface area contributed by atoms with E-state index in [2.05, 4.69) is 10.3 Å². The molecule has 0 bridgehead atoms. The van der Waals surface area contributed by atoms with E-state index in [1.165, 1.54) is 18.2 Å². The van der Waals surface area contributed by atoms with Crippen molar-refractivity contribution in [3.63, 3.8) is 0 Å². The lowest BCUT2D eigenvalue weighted by atomic mass is 10.2. The molecule has 120 valence electrons. The van der Waals surface area contributed by atoms with E-state index in [4.69, 9.17) is 4.74 Å². The van der Waals surface area contributed by atoms with Crippen LogP contribution < -0.4 is 10.1 Å². The number of nitrogens with zero attached hydrogens (tertiary/aromatic N) is 2. The molecule has 0 fully saturated rings. The van der Waals surface area contributed by atoms with Gasteiger partial charge in [0, 0.05) is 23.2 Å². The van der Waals surface area contributed by atoms with E-state index in [-0.39, 0.29) is 11.4 Å². The van der Waals surface area contributed by atoms with Gasteiger partial charge in [-0.1, -0.05) is 12.1 Å². The van der Waals surface area contributed by atoms with E-state index >= 15 is 0 Å². The van der Waals surface area contributed by atoms with E-state index in [0.29, 0.717) is 17.0 Å². The number of rotatable bonds is 4. The van der Waals surface area contributed by atoms with Crippen LogP contribution >= 0.6 is 0 Å². The van der Waals surface area contributed by atoms with Gasteiger partial charge < -0.3 is 10.1 Å². The van der Waals surface area contributed by atoms with Crippen molar-refractivity contribution in [1.82, 2.24) is 4.98 Å². The molecule has 1 aromatic heterocycles. The van der Waals surface area contributed by atoms with Gasteiger partial charge in [0.25, 0.3) is 11.6 Å². The van der Waals surface area contributed by atoms with Crippen molar-refractivity contribution in [2.75, 3.05) is 12.4 Å². The molecular formula is C17H13N3O4. The van der Waals surface area contributed by atoms with Gasteiger partial charge in [0.15, 0.2) is 0 Å². The minimum absolute atomic E-state index is 0.0913. The van der Waals surface area contributed by atoms with Crippen LogP contribution in [0.3, 0.4) is 0 Å². The maximum absolute atomic E-state index is 12.3. The maximum Gasteiger partial charge on any atom is 0.274 e. The third kappa shape index (κ3) is 3.14. The minimum atomic E-state index is -0.517. The molecule has 0 aliphatic rings. The molecule has 7 heteroatoms. The summed E-state index contributed by atoms with van der Waals surface area (Å²) in [4.78, 5) is 26.9. The minimum Gasteiger partial charge on any atom is -0.497 e. The highest BCUT2D eigenvalue weighted by molar-refractivity contribution is 6.04. The Morgan fingerprint density at radius 3 is 2.75 bits per heavy atom. The number of hydrogen-bond donors (Lipinski definition) is 1. The summed E-state index contributed by atoms with van der Waals surface area (Å²) in [5.74, 6) is 0.270. The lowest BCUT2D eigenvalue weighted by Gasteiger charge is -2.06. The topological polar surface area (TPSA) is 94.4 Å². The average molecular weight is 323 g/mol. The van der Waals surface area contributed by atoms with E-state index in [1.807, 2.05) is 6.07 Å².